The predicted molar refractivity (Wildman–Crippen MR) is 72.1 cm³/mol. The van der Waals surface area contributed by atoms with Crippen LogP contribution in [0.3, 0.4) is 0 Å². The molecule has 0 spiro atoms. The van der Waals surface area contributed by atoms with E-state index in [1.54, 1.807) is 6.92 Å². The van der Waals surface area contributed by atoms with Crippen LogP contribution in [-0.2, 0) is 19.1 Å². The van der Waals surface area contributed by atoms with E-state index in [-0.39, 0.29) is 18.9 Å². The van der Waals surface area contributed by atoms with Crippen LogP contribution in [-0.4, -0.2) is 73.5 Å². The summed E-state index contributed by atoms with van der Waals surface area (Å²) in [4.78, 5) is 25.1. The molecular formula is C13H24N2O5. The van der Waals surface area contributed by atoms with E-state index in [0.717, 1.165) is 0 Å². The van der Waals surface area contributed by atoms with Gasteiger partial charge in [-0.25, -0.2) is 0 Å². The lowest BCUT2D eigenvalue weighted by atomic mass is 10.1. The van der Waals surface area contributed by atoms with Gasteiger partial charge in [-0.05, 0) is 13.8 Å². The minimum Gasteiger partial charge on any atom is -0.466 e. The molecule has 1 amide bonds. The number of likely N-dealkylation sites (N-methyl/N-ethyl adjacent to an activating group) is 1. The van der Waals surface area contributed by atoms with Crippen molar-refractivity contribution in [1.29, 1.82) is 0 Å². The number of hydrogen-bond acceptors (Lipinski definition) is 6. The number of carbonyl (C=O) groups is 2. The second-order valence-corrected chi connectivity index (χ2v) is 4.64. The SMILES string of the molecule is CCNC(=O)C1COCCN1CC(O)CC(=O)OCC. The number of esters is 1. The molecule has 1 saturated heterocycles. The molecule has 0 aromatic carbocycles. The van der Waals surface area contributed by atoms with Crippen LogP contribution in [0.2, 0.25) is 0 Å². The van der Waals surface area contributed by atoms with Gasteiger partial charge < -0.3 is 19.9 Å². The summed E-state index contributed by atoms with van der Waals surface area (Å²) >= 11 is 0. The maximum absolute atomic E-state index is 11.9. The summed E-state index contributed by atoms with van der Waals surface area (Å²) in [5.41, 5.74) is 0. The quantitative estimate of drug-likeness (QED) is 0.593. The smallest absolute Gasteiger partial charge is 0.308 e. The highest BCUT2D eigenvalue weighted by Gasteiger charge is 2.30. The Balaban J connectivity index is 2.49. The summed E-state index contributed by atoms with van der Waals surface area (Å²) in [5, 5.41) is 12.7. The zero-order valence-electron chi connectivity index (χ0n) is 12.1. The standard InChI is InChI=1S/C13H24N2O5/c1-3-14-13(18)11-9-19-6-5-15(11)8-10(16)7-12(17)20-4-2/h10-11,16H,3-9H2,1-2H3,(H,14,18). The maximum Gasteiger partial charge on any atom is 0.308 e. The van der Waals surface area contributed by atoms with Crippen molar-refractivity contribution in [1.82, 2.24) is 10.2 Å². The Kier molecular flexibility index (Phi) is 7.50. The third kappa shape index (κ3) is 5.44. The molecule has 2 atom stereocenters. The van der Waals surface area contributed by atoms with Gasteiger partial charge in [-0.15, -0.1) is 0 Å². The molecule has 0 aromatic heterocycles. The van der Waals surface area contributed by atoms with Crippen LogP contribution in [0.4, 0.5) is 0 Å². The normalized spacial score (nSPS) is 21.2. The number of nitrogens with zero attached hydrogens (tertiary/aromatic N) is 1. The Morgan fingerprint density at radius 2 is 2.25 bits per heavy atom. The van der Waals surface area contributed by atoms with Crippen molar-refractivity contribution in [3.63, 3.8) is 0 Å². The Labute approximate surface area is 119 Å². The van der Waals surface area contributed by atoms with Gasteiger partial charge >= 0.3 is 5.97 Å². The van der Waals surface area contributed by atoms with Gasteiger partial charge in [-0.3, -0.25) is 14.5 Å². The minimum atomic E-state index is -0.843. The van der Waals surface area contributed by atoms with Gasteiger partial charge in [0.1, 0.15) is 6.04 Å². The molecule has 1 heterocycles. The lowest BCUT2D eigenvalue weighted by Gasteiger charge is -2.35. The zero-order valence-corrected chi connectivity index (χ0v) is 12.1. The first-order valence-corrected chi connectivity index (χ1v) is 7.01. The first kappa shape index (κ1) is 16.9. The number of carbonyl (C=O) groups excluding carboxylic acids is 2. The topological polar surface area (TPSA) is 88.1 Å². The number of β-amino-alcohol motifs (C(OH)–C–C–N with tert-alkyl or cyclic N) is 1. The Hall–Kier alpha value is -1.18. The highest BCUT2D eigenvalue weighted by atomic mass is 16.5. The molecular weight excluding hydrogens is 264 g/mol. The number of ether oxygens (including phenoxy) is 2. The van der Waals surface area contributed by atoms with Crippen LogP contribution < -0.4 is 5.32 Å². The minimum absolute atomic E-state index is 0.0622. The van der Waals surface area contributed by atoms with Crippen LogP contribution in [0.1, 0.15) is 20.3 Å². The number of amides is 1. The average Bonchev–Trinajstić information content (AvgIpc) is 2.39. The molecule has 7 nitrogen and oxygen atoms in total. The molecule has 1 fully saturated rings. The largest absolute Gasteiger partial charge is 0.466 e. The molecule has 0 saturated carbocycles. The van der Waals surface area contributed by atoms with Gasteiger partial charge in [-0.2, -0.15) is 0 Å². The van der Waals surface area contributed by atoms with Crippen molar-refractivity contribution in [2.24, 2.45) is 0 Å². The van der Waals surface area contributed by atoms with Gasteiger partial charge in [0.15, 0.2) is 0 Å². The number of aliphatic hydroxyl groups excluding tert-OH is 1. The molecule has 20 heavy (non-hydrogen) atoms. The van der Waals surface area contributed by atoms with Gasteiger partial charge in [0.05, 0.1) is 32.3 Å². The average molecular weight is 288 g/mol. The molecule has 0 aromatic rings. The fourth-order valence-corrected chi connectivity index (χ4v) is 2.14. The van der Waals surface area contributed by atoms with E-state index in [9.17, 15) is 14.7 Å². The van der Waals surface area contributed by atoms with Crippen molar-refractivity contribution in [3.8, 4) is 0 Å². The molecule has 1 rings (SSSR count). The first-order chi connectivity index (χ1) is 9.58. The monoisotopic (exact) mass is 288 g/mol. The third-order valence-electron chi connectivity index (χ3n) is 3.05. The van der Waals surface area contributed by atoms with Gasteiger partial charge in [-0.1, -0.05) is 0 Å². The van der Waals surface area contributed by atoms with Gasteiger partial charge in [0.2, 0.25) is 5.91 Å². The van der Waals surface area contributed by atoms with Crippen molar-refractivity contribution in [3.05, 3.63) is 0 Å². The van der Waals surface area contributed by atoms with E-state index < -0.39 is 18.1 Å². The highest BCUT2D eigenvalue weighted by Crippen LogP contribution is 2.09. The number of morpholine rings is 1. The molecule has 2 N–H and O–H groups in total. The lowest BCUT2D eigenvalue weighted by Crippen LogP contribution is -2.55. The van der Waals surface area contributed by atoms with Crippen molar-refractivity contribution < 1.29 is 24.2 Å². The predicted octanol–water partition coefficient (Wildman–Crippen LogP) is -0.863. The zero-order chi connectivity index (χ0) is 15.0. The Morgan fingerprint density at radius 1 is 1.50 bits per heavy atom. The van der Waals surface area contributed by atoms with Crippen LogP contribution in [0, 0.1) is 0 Å². The first-order valence-electron chi connectivity index (χ1n) is 7.01. The van der Waals surface area contributed by atoms with E-state index >= 15 is 0 Å². The molecule has 7 heteroatoms. The van der Waals surface area contributed by atoms with Crippen LogP contribution in [0.15, 0.2) is 0 Å². The molecule has 0 bridgehead atoms. The van der Waals surface area contributed by atoms with Gasteiger partial charge in [0.25, 0.3) is 0 Å². The van der Waals surface area contributed by atoms with E-state index in [2.05, 4.69) is 5.32 Å². The maximum atomic E-state index is 11.9. The summed E-state index contributed by atoms with van der Waals surface area (Å²) in [5.74, 6) is -0.543. The van der Waals surface area contributed by atoms with E-state index in [1.807, 2.05) is 11.8 Å². The molecule has 1 aliphatic rings. The fraction of sp³-hybridized carbons (Fsp3) is 0.846. The van der Waals surface area contributed by atoms with Crippen LogP contribution >= 0.6 is 0 Å². The summed E-state index contributed by atoms with van der Waals surface area (Å²) in [7, 11) is 0. The van der Waals surface area contributed by atoms with E-state index in [4.69, 9.17) is 9.47 Å². The third-order valence-corrected chi connectivity index (χ3v) is 3.05. The van der Waals surface area contributed by atoms with Gasteiger partial charge in [0, 0.05) is 19.6 Å². The fourth-order valence-electron chi connectivity index (χ4n) is 2.14. The lowest BCUT2D eigenvalue weighted by molar-refractivity contribution is -0.146. The summed E-state index contributed by atoms with van der Waals surface area (Å²) in [6.45, 7) is 6.05. The van der Waals surface area contributed by atoms with E-state index in [0.29, 0.717) is 32.9 Å². The molecule has 2 unspecified atom stereocenters. The molecule has 0 aliphatic carbocycles. The van der Waals surface area contributed by atoms with Crippen LogP contribution in [0.25, 0.3) is 0 Å². The number of rotatable bonds is 7. The summed E-state index contributed by atoms with van der Waals surface area (Å²) in [6.07, 6.45) is -0.906. The second-order valence-electron chi connectivity index (χ2n) is 4.64. The Bertz CT molecular complexity index is 324. The summed E-state index contributed by atoms with van der Waals surface area (Å²) < 4.78 is 10.1. The summed E-state index contributed by atoms with van der Waals surface area (Å²) in [6, 6.07) is -0.416. The molecule has 1 aliphatic heterocycles. The van der Waals surface area contributed by atoms with Crippen molar-refractivity contribution >= 4 is 11.9 Å². The van der Waals surface area contributed by atoms with E-state index in [1.165, 1.54) is 0 Å². The molecule has 116 valence electrons. The second kappa shape index (κ2) is 8.89. The van der Waals surface area contributed by atoms with Crippen molar-refractivity contribution in [2.75, 3.05) is 39.5 Å². The number of hydrogen-bond donors (Lipinski definition) is 2. The van der Waals surface area contributed by atoms with Crippen LogP contribution in [0.5, 0.6) is 0 Å². The Morgan fingerprint density at radius 3 is 2.90 bits per heavy atom. The molecule has 0 radical (unpaired) electrons. The van der Waals surface area contributed by atoms with Crippen molar-refractivity contribution in [2.45, 2.75) is 32.4 Å². The number of nitrogens with one attached hydrogen (secondary N) is 1. The highest BCUT2D eigenvalue weighted by molar-refractivity contribution is 5.82. The number of aliphatic hydroxyl groups is 1.